The van der Waals surface area contributed by atoms with Gasteiger partial charge in [0, 0.05) is 6.20 Å². The zero-order valence-electron chi connectivity index (χ0n) is 6.55. The quantitative estimate of drug-likeness (QED) is 0.569. The van der Waals surface area contributed by atoms with Gasteiger partial charge in [-0.2, -0.15) is 0 Å². The Labute approximate surface area is 65.7 Å². The van der Waals surface area contributed by atoms with Gasteiger partial charge in [0.25, 0.3) is 0 Å². The average Bonchev–Trinajstić information content (AvgIpc) is 2.01. The van der Waals surface area contributed by atoms with E-state index >= 15 is 0 Å². The fourth-order valence-corrected chi connectivity index (χ4v) is 0.821. The Hall–Kier alpha value is -1.56. The predicted molar refractivity (Wildman–Crippen MR) is 44.4 cm³/mol. The first-order valence-corrected chi connectivity index (χ1v) is 3.26. The smallest absolute Gasteiger partial charge is 0.208 e. The number of aromatic nitrogens is 1. The van der Waals surface area contributed by atoms with Crippen LogP contribution < -0.4 is 5.73 Å². The van der Waals surface area contributed by atoms with Crippen molar-refractivity contribution in [3.63, 3.8) is 0 Å². The fraction of sp³-hybridized carbons (Fsp3) is 0.250. The molecule has 0 spiro atoms. The Morgan fingerprint density at radius 1 is 1.45 bits per heavy atom. The van der Waals surface area contributed by atoms with Crippen LogP contribution in [0, 0.1) is 20.4 Å². The van der Waals surface area contributed by atoms with E-state index in [1.165, 1.54) is 6.20 Å². The molecule has 1 aromatic rings. The molecule has 1 rings (SSSR count). The van der Waals surface area contributed by atoms with Crippen molar-refractivity contribution in [3.8, 4) is 0 Å². The van der Waals surface area contributed by atoms with Gasteiger partial charge in [-0.3, -0.25) is 4.98 Å². The van der Waals surface area contributed by atoms with Crippen LogP contribution in [0.25, 0.3) is 4.85 Å². The monoisotopic (exact) mass is 147 g/mol. The number of rotatable bonds is 0. The van der Waals surface area contributed by atoms with Crippen LogP contribution in [0.5, 0.6) is 0 Å². The van der Waals surface area contributed by atoms with Crippen molar-refractivity contribution < 1.29 is 0 Å². The lowest BCUT2D eigenvalue weighted by atomic mass is 10.1. The van der Waals surface area contributed by atoms with Gasteiger partial charge in [0.1, 0.15) is 5.82 Å². The Bertz CT molecular complexity index is 323. The van der Waals surface area contributed by atoms with Crippen molar-refractivity contribution in [2.45, 2.75) is 13.8 Å². The lowest BCUT2D eigenvalue weighted by Crippen LogP contribution is -1.95. The first-order valence-electron chi connectivity index (χ1n) is 3.26. The summed E-state index contributed by atoms with van der Waals surface area (Å²) in [5.74, 6) is 0.509. The zero-order valence-corrected chi connectivity index (χ0v) is 6.55. The van der Waals surface area contributed by atoms with Crippen LogP contribution in [0.15, 0.2) is 6.20 Å². The molecule has 11 heavy (non-hydrogen) atoms. The molecule has 1 aromatic heterocycles. The second-order valence-corrected chi connectivity index (χ2v) is 2.39. The minimum atomic E-state index is 0.509. The number of nitrogen functional groups attached to an aromatic ring is 1. The molecule has 0 fully saturated rings. The SMILES string of the molecule is [C-]#[N+]c1cnc(N)c(C)c1C. The van der Waals surface area contributed by atoms with Crippen molar-refractivity contribution in [1.29, 1.82) is 0 Å². The van der Waals surface area contributed by atoms with Gasteiger partial charge in [0.2, 0.25) is 5.69 Å². The Balaban J connectivity index is 3.40. The maximum absolute atomic E-state index is 6.80. The first-order chi connectivity index (χ1) is 5.16. The maximum atomic E-state index is 6.80. The third-order valence-electron chi connectivity index (χ3n) is 1.78. The predicted octanol–water partition coefficient (Wildman–Crippen LogP) is 1.83. The van der Waals surface area contributed by atoms with Crippen LogP contribution in [-0.4, -0.2) is 4.98 Å². The summed E-state index contributed by atoms with van der Waals surface area (Å²) in [6, 6.07) is 0. The third kappa shape index (κ3) is 1.15. The summed E-state index contributed by atoms with van der Waals surface area (Å²) >= 11 is 0. The molecule has 0 saturated carbocycles. The first kappa shape index (κ1) is 7.55. The molecule has 0 radical (unpaired) electrons. The Morgan fingerprint density at radius 3 is 2.64 bits per heavy atom. The number of nitrogens with two attached hydrogens (primary N) is 1. The molecule has 3 nitrogen and oxygen atoms in total. The van der Waals surface area contributed by atoms with Crippen LogP contribution in [-0.2, 0) is 0 Å². The molecule has 0 aliphatic heterocycles. The lowest BCUT2D eigenvalue weighted by Gasteiger charge is -2.03. The van der Waals surface area contributed by atoms with E-state index in [2.05, 4.69) is 9.83 Å². The number of pyridine rings is 1. The maximum Gasteiger partial charge on any atom is 0.208 e. The Morgan fingerprint density at radius 2 is 2.09 bits per heavy atom. The van der Waals surface area contributed by atoms with E-state index in [-0.39, 0.29) is 0 Å². The van der Waals surface area contributed by atoms with Gasteiger partial charge < -0.3 is 5.73 Å². The van der Waals surface area contributed by atoms with E-state index < -0.39 is 0 Å². The summed E-state index contributed by atoms with van der Waals surface area (Å²) < 4.78 is 0. The number of anilines is 1. The summed E-state index contributed by atoms with van der Waals surface area (Å²) in [6.45, 7) is 10.5. The highest BCUT2D eigenvalue weighted by molar-refractivity contribution is 5.58. The highest BCUT2D eigenvalue weighted by atomic mass is 14.8. The molecule has 0 saturated heterocycles. The molecular weight excluding hydrogens is 138 g/mol. The molecule has 0 atom stereocenters. The van der Waals surface area contributed by atoms with Gasteiger partial charge in [0.15, 0.2) is 0 Å². The van der Waals surface area contributed by atoms with Crippen molar-refractivity contribution in [3.05, 3.63) is 28.7 Å². The summed E-state index contributed by atoms with van der Waals surface area (Å²) in [4.78, 5) is 7.18. The van der Waals surface area contributed by atoms with Crippen LogP contribution in [0.4, 0.5) is 11.5 Å². The second kappa shape index (κ2) is 2.59. The molecular formula is C8H9N3. The molecule has 0 amide bonds. The fourth-order valence-electron chi connectivity index (χ4n) is 0.821. The molecule has 1 heterocycles. The molecule has 2 N–H and O–H groups in total. The average molecular weight is 147 g/mol. The minimum absolute atomic E-state index is 0.509. The van der Waals surface area contributed by atoms with Crippen molar-refractivity contribution in [1.82, 2.24) is 4.98 Å². The van der Waals surface area contributed by atoms with E-state index in [1.54, 1.807) is 0 Å². The third-order valence-corrected chi connectivity index (χ3v) is 1.78. The standard InChI is InChI=1S/C8H9N3/c1-5-6(2)8(9)11-4-7(5)10-3/h4H,1-2H3,(H2,9,11). The van der Waals surface area contributed by atoms with Crippen LogP contribution in [0.2, 0.25) is 0 Å². The summed E-state index contributed by atoms with van der Waals surface area (Å²) in [6.07, 6.45) is 1.50. The van der Waals surface area contributed by atoms with E-state index in [1.807, 2.05) is 13.8 Å². The van der Waals surface area contributed by atoms with Crippen LogP contribution >= 0.6 is 0 Å². The lowest BCUT2D eigenvalue weighted by molar-refractivity contribution is 1.24. The molecule has 0 aliphatic carbocycles. The zero-order chi connectivity index (χ0) is 8.43. The largest absolute Gasteiger partial charge is 0.384 e. The van der Waals surface area contributed by atoms with Crippen LogP contribution in [0.1, 0.15) is 11.1 Å². The van der Waals surface area contributed by atoms with Gasteiger partial charge >= 0.3 is 0 Å². The van der Waals surface area contributed by atoms with E-state index in [0.717, 1.165) is 11.1 Å². The van der Waals surface area contributed by atoms with Gasteiger partial charge in [-0.25, -0.2) is 4.85 Å². The van der Waals surface area contributed by atoms with Gasteiger partial charge in [-0.15, -0.1) is 0 Å². The summed E-state index contributed by atoms with van der Waals surface area (Å²) in [7, 11) is 0. The van der Waals surface area contributed by atoms with E-state index in [4.69, 9.17) is 12.3 Å². The highest BCUT2D eigenvalue weighted by Crippen LogP contribution is 2.22. The van der Waals surface area contributed by atoms with Gasteiger partial charge in [0.05, 0.1) is 6.57 Å². The normalized spacial score (nSPS) is 9.18. The molecule has 56 valence electrons. The van der Waals surface area contributed by atoms with E-state index in [0.29, 0.717) is 11.5 Å². The highest BCUT2D eigenvalue weighted by Gasteiger charge is 2.03. The molecule has 0 bridgehead atoms. The van der Waals surface area contributed by atoms with Gasteiger partial charge in [-0.1, -0.05) is 0 Å². The number of nitrogens with zero attached hydrogens (tertiary/aromatic N) is 2. The van der Waals surface area contributed by atoms with Crippen LogP contribution in [0.3, 0.4) is 0 Å². The number of hydrogen-bond donors (Lipinski definition) is 1. The van der Waals surface area contributed by atoms with Gasteiger partial charge in [-0.05, 0) is 25.0 Å². The second-order valence-electron chi connectivity index (χ2n) is 2.39. The molecule has 0 unspecified atom stereocenters. The summed E-state index contributed by atoms with van der Waals surface area (Å²) in [5.41, 5.74) is 7.94. The van der Waals surface area contributed by atoms with Crippen molar-refractivity contribution in [2.75, 3.05) is 5.73 Å². The van der Waals surface area contributed by atoms with E-state index in [9.17, 15) is 0 Å². The topological polar surface area (TPSA) is 43.3 Å². The van der Waals surface area contributed by atoms with Crippen molar-refractivity contribution in [2.24, 2.45) is 0 Å². The summed E-state index contributed by atoms with van der Waals surface area (Å²) in [5, 5.41) is 0. The minimum Gasteiger partial charge on any atom is -0.384 e. The molecule has 3 heteroatoms. The Kier molecular flexibility index (Phi) is 1.77. The molecule has 0 aliphatic rings. The van der Waals surface area contributed by atoms with Crippen molar-refractivity contribution >= 4 is 11.5 Å². The number of hydrogen-bond acceptors (Lipinski definition) is 2. The molecule has 0 aromatic carbocycles.